The smallest absolute Gasteiger partial charge is 0.251 e. The van der Waals surface area contributed by atoms with Gasteiger partial charge in [-0.15, -0.1) is 12.4 Å². The molecule has 2 heterocycles. The number of hydrogen-bond donors (Lipinski definition) is 1. The second-order valence-electron chi connectivity index (χ2n) is 5.58. The van der Waals surface area contributed by atoms with Crippen molar-refractivity contribution in [2.24, 2.45) is 0 Å². The van der Waals surface area contributed by atoms with Gasteiger partial charge in [-0.05, 0) is 32.6 Å². The van der Waals surface area contributed by atoms with Crippen molar-refractivity contribution in [3.8, 4) is 0 Å². The third-order valence-corrected chi connectivity index (χ3v) is 4.05. The van der Waals surface area contributed by atoms with E-state index in [2.05, 4.69) is 12.2 Å². The summed E-state index contributed by atoms with van der Waals surface area (Å²) in [6.07, 6.45) is 5.43. The van der Waals surface area contributed by atoms with Crippen molar-refractivity contribution in [1.29, 1.82) is 0 Å². The predicted molar refractivity (Wildman–Crippen MR) is 78.7 cm³/mol. The van der Waals surface area contributed by atoms with Crippen molar-refractivity contribution in [2.45, 2.75) is 64.1 Å². The summed E-state index contributed by atoms with van der Waals surface area (Å²) >= 11 is 0. The van der Waals surface area contributed by atoms with E-state index >= 15 is 0 Å². The summed E-state index contributed by atoms with van der Waals surface area (Å²) in [5.74, 6) is 0.167. The molecule has 2 bridgehead atoms. The van der Waals surface area contributed by atoms with Crippen molar-refractivity contribution in [3.05, 3.63) is 0 Å². The van der Waals surface area contributed by atoms with Gasteiger partial charge < -0.3 is 15.0 Å². The zero-order valence-electron chi connectivity index (χ0n) is 12.1. The summed E-state index contributed by atoms with van der Waals surface area (Å²) in [4.78, 5) is 14.3. The van der Waals surface area contributed by atoms with Gasteiger partial charge in [0, 0.05) is 31.8 Å². The fourth-order valence-electron chi connectivity index (χ4n) is 2.88. The van der Waals surface area contributed by atoms with Crippen molar-refractivity contribution in [2.75, 3.05) is 19.7 Å². The summed E-state index contributed by atoms with van der Waals surface area (Å²) in [6, 6.07) is 1.13. The number of nitrogens with zero attached hydrogens (tertiary/aromatic N) is 1. The lowest BCUT2D eigenvalue weighted by molar-refractivity contribution is -0.143. The second kappa shape index (κ2) is 8.08. The van der Waals surface area contributed by atoms with Crippen LogP contribution in [0.5, 0.6) is 0 Å². The molecular weight excluding hydrogens is 264 g/mol. The van der Waals surface area contributed by atoms with Crippen LogP contribution in [-0.2, 0) is 9.53 Å². The maximum absolute atomic E-state index is 12.3. The molecule has 2 fully saturated rings. The lowest BCUT2D eigenvalue weighted by Gasteiger charge is -2.27. The van der Waals surface area contributed by atoms with Gasteiger partial charge in [-0.1, -0.05) is 13.3 Å². The van der Waals surface area contributed by atoms with Crippen molar-refractivity contribution >= 4 is 18.3 Å². The Labute approximate surface area is 122 Å². The van der Waals surface area contributed by atoms with Crippen LogP contribution in [-0.4, -0.2) is 48.7 Å². The van der Waals surface area contributed by atoms with Gasteiger partial charge in [0.2, 0.25) is 0 Å². The van der Waals surface area contributed by atoms with Gasteiger partial charge in [0.05, 0.1) is 0 Å². The zero-order valence-corrected chi connectivity index (χ0v) is 12.9. The van der Waals surface area contributed by atoms with Crippen LogP contribution in [0.2, 0.25) is 0 Å². The summed E-state index contributed by atoms with van der Waals surface area (Å²) in [6.45, 7) is 6.45. The van der Waals surface area contributed by atoms with E-state index in [1.165, 1.54) is 12.8 Å². The van der Waals surface area contributed by atoms with Crippen LogP contribution in [0.4, 0.5) is 0 Å². The third kappa shape index (κ3) is 4.62. The monoisotopic (exact) mass is 290 g/mol. The Bertz CT molecular complexity index is 289. The Balaban J connectivity index is 0.00000180. The van der Waals surface area contributed by atoms with Crippen LogP contribution in [0.1, 0.15) is 46.0 Å². The van der Waals surface area contributed by atoms with E-state index in [0.29, 0.717) is 18.7 Å². The third-order valence-electron chi connectivity index (χ3n) is 4.05. The second-order valence-corrected chi connectivity index (χ2v) is 5.58. The summed E-state index contributed by atoms with van der Waals surface area (Å²) in [7, 11) is 0. The Kier molecular flexibility index (Phi) is 7.11. The first-order chi connectivity index (χ1) is 8.70. The molecular formula is C14H27ClN2O2. The number of rotatable bonds is 5. The Hall–Kier alpha value is -0.320. The van der Waals surface area contributed by atoms with Crippen LogP contribution in [0.15, 0.2) is 0 Å². The fourth-order valence-corrected chi connectivity index (χ4v) is 2.88. The molecule has 19 heavy (non-hydrogen) atoms. The largest absolute Gasteiger partial charge is 0.369 e. The average Bonchev–Trinajstić information content (AvgIpc) is 2.68. The number of amides is 1. The van der Waals surface area contributed by atoms with E-state index in [1.807, 2.05) is 11.8 Å². The van der Waals surface area contributed by atoms with E-state index in [9.17, 15) is 4.79 Å². The zero-order chi connectivity index (χ0) is 13.0. The summed E-state index contributed by atoms with van der Waals surface area (Å²) in [5, 5.41) is 3.59. The van der Waals surface area contributed by atoms with Gasteiger partial charge in [-0.2, -0.15) is 0 Å². The molecule has 5 heteroatoms. The minimum atomic E-state index is -0.284. The molecule has 4 nitrogen and oxygen atoms in total. The Morgan fingerprint density at radius 1 is 1.37 bits per heavy atom. The lowest BCUT2D eigenvalue weighted by Crippen LogP contribution is -2.44. The molecule has 2 aliphatic heterocycles. The molecule has 0 radical (unpaired) electrons. The maximum Gasteiger partial charge on any atom is 0.251 e. The minimum Gasteiger partial charge on any atom is -0.369 e. The van der Waals surface area contributed by atoms with Crippen molar-refractivity contribution in [1.82, 2.24) is 10.2 Å². The lowest BCUT2D eigenvalue weighted by atomic mass is 10.1. The number of hydrogen-bond acceptors (Lipinski definition) is 3. The van der Waals surface area contributed by atoms with Crippen LogP contribution < -0.4 is 5.32 Å². The molecule has 3 atom stereocenters. The predicted octanol–water partition coefficient (Wildman–Crippen LogP) is 1.97. The first-order valence-electron chi connectivity index (χ1n) is 7.37. The first kappa shape index (κ1) is 16.7. The van der Waals surface area contributed by atoms with Crippen LogP contribution in [0, 0.1) is 0 Å². The molecule has 0 aliphatic carbocycles. The van der Waals surface area contributed by atoms with Crippen LogP contribution >= 0.6 is 12.4 Å². The highest BCUT2D eigenvalue weighted by Crippen LogP contribution is 2.21. The van der Waals surface area contributed by atoms with E-state index in [0.717, 1.165) is 32.4 Å². The number of unbranched alkanes of at least 4 members (excludes halogenated alkanes) is 1. The maximum atomic E-state index is 12.3. The molecule has 112 valence electrons. The fraction of sp³-hybridized carbons (Fsp3) is 0.929. The van der Waals surface area contributed by atoms with E-state index < -0.39 is 0 Å². The molecule has 1 N–H and O–H groups in total. The Morgan fingerprint density at radius 3 is 2.84 bits per heavy atom. The average molecular weight is 291 g/mol. The van der Waals surface area contributed by atoms with Crippen molar-refractivity contribution < 1.29 is 9.53 Å². The molecule has 1 amide bonds. The Morgan fingerprint density at radius 2 is 2.11 bits per heavy atom. The standard InChI is InChI=1S/C14H26N2O2.ClH/c1-3-4-9-18-11(2)14(17)16-8-7-12-5-6-13(10-16)15-12;/h11-13,15H,3-10H2,1-2H3;1H. The van der Waals surface area contributed by atoms with Gasteiger partial charge in [-0.25, -0.2) is 0 Å². The van der Waals surface area contributed by atoms with Gasteiger partial charge in [0.1, 0.15) is 6.10 Å². The molecule has 2 rings (SSSR count). The number of ether oxygens (including phenoxy) is 1. The summed E-state index contributed by atoms with van der Waals surface area (Å²) < 4.78 is 5.61. The summed E-state index contributed by atoms with van der Waals surface area (Å²) in [5.41, 5.74) is 0. The van der Waals surface area contributed by atoms with Gasteiger partial charge >= 0.3 is 0 Å². The minimum absolute atomic E-state index is 0. The normalized spacial score (nSPS) is 27.6. The number of carbonyl (C=O) groups excluding carboxylic acids is 1. The van der Waals surface area contributed by atoms with E-state index in [4.69, 9.17) is 4.74 Å². The van der Waals surface area contributed by atoms with Gasteiger partial charge in [-0.3, -0.25) is 4.79 Å². The molecule has 0 aromatic carbocycles. The number of likely N-dealkylation sites (tertiary alicyclic amines) is 1. The number of nitrogens with one attached hydrogen (secondary N) is 1. The molecule has 2 aliphatic rings. The molecule has 0 aromatic heterocycles. The number of fused-ring (bicyclic) bond motifs is 2. The number of carbonyl (C=O) groups is 1. The van der Waals surface area contributed by atoms with Crippen LogP contribution in [0.25, 0.3) is 0 Å². The first-order valence-corrected chi connectivity index (χ1v) is 7.37. The highest BCUT2D eigenvalue weighted by molar-refractivity contribution is 5.85. The quantitative estimate of drug-likeness (QED) is 0.787. The van der Waals surface area contributed by atoms with Crippen molar-refractivity contribution in [3.63, 3.8) is 0 Å². The van der Waals surface area contributed by atoms with Gasteiger partial charge in [0.15, 0.2) is 0 Å². The molecule has 0 saturated carbocycles. The highest BCUT2D eigenvalue weighted by Gasteiger charge is 2.32. The molecule has 3 unspecified atom stereocenters. The van der Waals surface area contributed by atoms with E-state index in [-0.39, 0.29) is 24.4 Å². The number of halogens is 1. The van der Waals surface area contributed by atoms with E-state index in [1.54, 1.807) is 0 Å². The topological polar surface area (TPSA) is 41.6 Å². The van der Waals surface area contributed by atoms with Gasteiger partial charge in [0.25, 0.3) is 5.91 Å². The molecule has 2 saturated heterocycles. The SMILES string of the molecule is CCCCOC(C)C(=O)N1CCC2CCC(C1)N2.Cl. The van der Waals surface area contributed by atoms with Crippen LogP contribution in [0.3, 0.4) is 0 Å². The highest BCUT2D eigenvalue weighted by atomic mass is 35.5. The molecule has 0 spiro atoms. The molecule has 0 aromatic rings.